The molecule has 0 spiro atoms. The average molecular weight is 166 g/mol. The summed E-state index contributed by atoms with van der Waals surface area (Å²) in [5.74, 6) is 1.33. The Balaban J connectivity index is 2.72. The summed E-state index contributed by atoms with van der Waals surface area (Å²) in [5, 5.41) is 0. The Kier molecular flexibility index (Phi) is 2.96. The van der Waals surface area contributed by atoms with Gasteiger partial charge in [0.2, 0.25) is 0 Å². The van der Waals surface area contributed by atoms with Crippen LogP contribution in [0.2, 0.25) is 0 Å². The van der Waals surface area contributed by atoms with E-state index in [1.165, 1.54) is 12.0 Å². The molecule has 1 heteroatoms. The fourth-order valence-electron chi connectivity index (χ4n) is 1.75. The van der Waals surface area contributed by atoms with Crippen molar-refractivity contribution in [1.82, 2.24) is 0 Å². The lowest BCUT2D eigenvalue weighted by molar-refractivity contribution is 0.0898. The maximum absolute atomic E-state index is 5.47. The van der Waals surface area contributed by atoms with Crippen LogP contribution in [0.5, 0.6) is 0 Å². The largest absolute Gasteiger partial charge is 0.494 e. The van der Waals surface area contributed by atoms with E-state index >= 15 is 0 Å². The molecule has 0 saturated carbocycles. The smallest absolute Gasteiger partial charge is 0.121 e. The molecule has 68 valence electrons. The second-order valence-corrected chi connectivity index (χ2v) is 3.74. The molecule has 0 radical (unpaired) electrons. The summed E-state index contributed by atoms with van der Waals surface area (Å²) in [6.45, 7) is 10.3. The van der Waals surface area contributed by atoms with Crippen LogP contribution in [0.25, 0.3) is 0 Å². The third kappa shape index (κ3) is 1.71. The van der Waals surface area contributed by atoms with Crippen molar-refractivity contribution in [3.8, 4) is 0 Å². The van der Waals surface area contributed by atoms with Gasteiger partial charge in [-0.25, -0.2) is 0 Å². The highest BCUT2D eigenvalue weighted by Crippen LogP contribution is 2.31. The second-order valence-electron chi connectivity index (χ2n) is 3.74. The van der Waals surface area contributed by atoms with E-state index in [9.17, 15) is 0 Å². The van der Waals surface area contributed by atoms with Crippen LogP contribution in [0, 0.1) is 11.8 Å². The molecule has 0 heterocycles. The van der Waals surface area contributed by atoms with Crippen LogP contribution in [0.1, 0.15) is 27.2 Å². The minimum atomic E-state index is 0.256. The van der Waals surface area contributed by atoms with Crippen LogP contribution >= 0.6 is 0 Å². The molecule has 0 amide bonds. The lowest BCUT2D eigenvalue weighted by Crippen LogP contribution is -2.29. The summed E-state index contributed by atoms with van der Waals surface area (Å²) in [4.78, 5) is 0. The van der Waals surface area contributed by atoms with E-state index in [1.807, 2.05) is 0 Å². The van der Waals surface area contributed by atoms with E-state index < -0.39 is 0 Å². The van der Waals surface area contributed by atoms with Crippen molar-refractivity contribution in [2.45, 2.75) is 33.3 Å². The van der Waals surface area contributed by atoms with Gasteiger partial charge in [-0.05, 0) is 30.8 Å². The van der Waals surface area contributed by atoms with Crippen molar-refractivity contribution in [2.75, 3.05) is 0 Å². The Hall–Kier alpha value is -0.720. The number of hydrogen-bond donors (Lipinski definition) is 0. The molecule has 0 bridgehead atoms. The maximum Gasteiger partial charge on any atom is 0.121 e. The van der Waals surface area contributed by atoms with Crippen molar-refractivity contribution >= 4 is 0 Å². The first kappa shape index (κ1) is 9.37. The first-order valence-corrected chi connectivity index (χ1v) is 4.59. The van der Waals surface area contributed by atoms with Crippen LogP contribution < -0.4 is 0 Å². The number of hydrogen-bond acceptors (Lipinski definition) is 1. The summed E-state index contributed by atoms with van der Waals surface area (Å²) in [6.07, 6.45) is 5.27. The fourth-order valence-corrected chi connectivity index (χ4v) is 1.75. The predicted octanol–water partition coefficient (Wildman–Crippen LogP) is 3.14. The van der Waals surface area contributed by atoms with Crippen LogP contribution in [0.3, 0.4) is 0 Å². The molecule has 12 heavy (non-hydrogen) atoms. The van der Waals surface area contributed by atoms with E-state index in [2.05, 4.69) is 33.4 Å². The molecule has 2 unspecified atom stereocenters. The molecule has 0 saturated heterocycles. The molecule has 0 N–H and O–H groups in total. The molecule has 3 atom stereocenters. The van der Waals surface area contributed by atoms with Crippen LogP contribution in [0.4, 0.5) is 0 Å². The average Bonchev–Trinajstić information content (AvgIpc) is 2.06. The van der Waals surface area contributed by atoms with Gasteiger partial charge >= 0.3 is 0 Å². The minimum absolute atomic E-state index is 0.256. The van der Waals surface area contributed by atoms with Gasteiger partial charge in [-0.2, -0.15) is 0 Å². The first-order valence-electron chi connectivity index (χ1n) is 4.59. The van der Waals surface area contributed by atoms with E-state index in [-0.39, 0.29) is 6.10 Å². The zero-order valence-electron chi connectivity index (χ0n) is 8.21. The van der Waals surface area contributed by atoms with Crippen molar-refractivity contribution in [3.63, 3.8) is 0 Å². The number of allylic oxidation sites excluding steroid dienone is 1. The van der Waals surface area contributed by atoms with Gasteiger partial charge < -0.3 is 4.74 Å². The third-order valence-corrected chi connectivity index (χ3v) is 2.88. The van der Waals surface area contributed by atoms with Crippen LogP contribution in [-0.2, 0) is 4.74 Å². The van der Waals surface area contributed by atoms with Gasteiger partial charge in [-0.1, -0.05) is 26.5 Å². The first-order chi connectivity index (χ1) is 5.66. The molecule has 1 rings (SSSR count). The molecule has 0 fully saturated rings. The maximum atomic E-state index is 5.47. The highest BCUT2D eigenvalue weighted by molar-refractivity contribution is 5.12. The molecule has 1 aliphatic rings. The van der Waals surface area contributed by atoms with Gasteiger partial charge in [0.25, 0.3) is 0 Å². The van der Waals surface area contributed by atoms with Crippen molar-refractivity contribution in [2.24, 2.45) is 11.8 Å². The Labute approximate surface area is 75.1 Å². The van der Waals surface area contributed by atoms with Crippen LogP contribution in [-0.4, -0.2) is 6.10 Å². The van der Waals surface area contributed by atoms with E-state index in [1.54, 1.807) is 6.26 Å². The van der Waals surface area contributed by atoms with Gasteiger partial charge in [0, 0.05) is 0 Å². The lowest BCUT2D eigenvalue weighted by Gasteiger charge is -2.32. The SMILES string of the molecule is C=CO[C@@H]1C(C)=CCC(C)C1C. The van der Waals surface area contributed by atoms with E-state index in [4.69, 9.17) is 4.74 Å². The van der Waals surface area contributed by atoms with Gasteiger partial charge in [-0.15, -0.1) is 0 Å². The normalized spacial score (nSPS) is 35.6. The molecule has 1 aliphatic carbocycles. The number of rotatable bonds is 2. The van der Waals surface area contributed by atoms with Gasteiger partial charge in [0.15, 0.2) is 0 Å². The minimum Gasteiger partial charge on any atom is -0.494 e. The monoisotopic (exact) mass is 166 g/mol. The Morgan fingerprint density at radius 3 is 2.83 bits per heavy atom. The van der Waals surface area contributed by atoms with E-state index in [0.717, 1.165) is 5.92 Å². The van der Waals surface area contributed by atoms with Crippen molar-refractivity contribution in [1.29, 1.82) is 0 Å². The van der Waals surface area contributed by atoms with Gasteiger partial charge in [0.1, 0.15) is 6.10 Å². The Morgan fingerprint density at radius 2 is 2.25 bits per heavy atom. The fraction of sp³-hybridized carbons (Fsp3) is 0.636. The van der Waals surface area contributed by atoms with Gasteiger partial charge in [-0.3, -0.25) is 0 Å². The molecular weight excluding hydrogens is 148 g/mol. The third-order valence-electron chi connectivity index (χ3n) is 2.88. The number of ether oxygens (including phenoxy) is 1. The lowest BCUT2D eigenvalue weighted by atomic mass is 9.80. The molecule has 0 aromatic rings. The topological polar surface area (TPSA) is 9.23 Å². The van der Waals surface area contributed by atoms with E-state index in [0.29, 0.717) is 5.92 Å². The summed E-state index contributed by atoms with van der Waals surface area (Å²) >= 11 is 0. The molecule has 0 aromatic carbocycles. The summed E-state index contributed by atoms with van der Waals surface area (Å²) < 4.78 is 5.47. The second kappa shape index (κ2) is 3.79. The van der Waals surface area contributed by atoms with Crippen molar-refractivity contribution in [3.05, 3.63) is 24.5 Å². The zero-order valence-corrected chi connectivity index (χ0v) is 8.21. The highest BCUT2D eigenvalue weighted by Gasteiger charge is 2.27. The summed E-state index contributed by atoms with van der Waals surface area (Å²) in [7, 11) is 0. The zero-order chi connectivity index (χ0) is 9.14. The summed E-state index contributed by atoms with van der Waals surface area (Å²) in [6, 6.07) is 0. The van der Waals surface area contributed by atoms with Crippen molar-refractivity contribution < 1.29 is 4.74 Å². The molecule has 0 aromatic heterocycles. The van der Waals surface area contributed by atoms with Crippen LogP contribution in [0.15, 0.2) is 24.5 Å². The molecule has 1 nitrogen and oxygen atoms in total. The Morgan fingerprint density at radius 1 is 1.58 bits per heavy atom. The van der Waals surface area contributed by atoms with Gasteiger partial charge in [0.05, 0.1) is 6.26 Å². The Bertz CT molecular complexity index is 193. The standard InChI is InChI=1S/C11H18O/c1-5-12-11-9(3)7-6-8(2)10(11)4/h5,7-8,10-11H,1,6H2,2-4H3/t8?,10?,11-/m1/s1. The quantitative estimate of drug-likeness (QED) is 0.452. The predicted molar refractivity (Wildman–Crippen MR) is 51.8 cm³/mol. The molecule has 0 aliphatic heterocycles. The molecular formula is C11H18O. The summed E-state index contributed by atoms with van der Waals surface area (Å²) in [5.41, 5.74) is 1.35. The highest BCUT2D eigenvalue weighted by atomic mass is 16.5.